The summed E-state index contributed by atoms with van der Waals surface area (Å²) in [7, 11) is 0. The summed E-state index contributed by atoms with van der Waals surface area (Å²) >= 11 is 3.71. The summed E-state index contributed by atoms with van der Waals surface area (Å²) in [5.74, 6) is 1.03. The first-order chi connectivity index (χ1) is 8.29. The van der Waals surface area contributed by atoms with Crippen LogP contribution < -0.4 is 0 Å². The number of carbonyl (C=O) groups is 1. The Kier molecular flexibility index (Phi) is 2.89. The lowest BCUT2D eigenvalue weighted by atomic mass is 10.0. The number of carbonyl (C=O) groups excluding carboxylic acids is 1. The monoisotopic (exact) mass is 260 g/mol. The second-order valence-electron chi connectivity index (χ2n) is 4.14. The third-order valence-electron chi connectivity index (χ3n) is 3.07. The Bertz CT molecular complexity index is 543. The van der Waals surface area contributed by atoms with Crippen molar-refractivity contribution in [2.24, 2.45) is 0 Å². The predicted octanol–water partition coefficient (Wildman–Crippen LogP) is 3.76. The highest BCUT2D eigenvalue weighted by Gasteiger charge is 2.25. The van der Waals surface area contributed by atoms with E-state index in [4.69, 9.17) is 0 Å². The van der Waals surface area contributed by atoms with E-state index in [1.807, 2.05) is 23.5 Å². The minimum absolute atomic E-state index is 0.289. The average molecular weight is 260 g/mol. The Morgan fingerprint density at radius 1 is 1.35 bits per heavy atom. The maximum absolute atomic E-state index is 11.0. The van der Waals surface area contributed by atoms with Crippen molar-refractivity contribution in [3.8, 4) is 0 Å². The zero-order chi connectivity index (χ0) is 11.8. The van der Waals surface area contributed by atoms with Crippen molar-refractivity contribution in [2.75, 3.05) is 5.75 Å². The zero-order valence-corrected chi connectivity index (χ0v) is 11.1. The smallest absolute Gasteiger partial charge is 0.147 e. The van der Waals surface area contributed by atoms with E-state index >= 15 is 0 Å². The van der Waals surface area contributed by atoms with Crippen LogP contribution in [-0.4, -0.2) is 17.3 Å². The number of thioether (sulfide) groups is 2. The molecule has 1 atom stereocenters. The van der Waals surface area contributed by atoms with Crippen LogP contribution >= 0.6 is 23.5 Å². The number of allylic oxidation sites excluding steroid dienone is 2. The van der Waals surface area contributed by atoms with Crippen molar-refractivity contribution in [1.82, 2.24) is 0 Å². The molecule has 3 heteroatoms. The second kappa shape index (κ2) is 4.39. The van der Waals surface area contributed by atoms with Crippen LogP contribution in [0.2, 0.25) is 0 Å². The molecule has 1 unspecified atom stereocenters. The molecule has 0 N–H and O–H groups in total. The molecule has 1 aromatic carbocycles. The van der Waals surface area contributed by atoms with E-state index in [1.54, 1.807) is 0 Å². The molecule has 2 heterocycles. The highest BCUT2D eigenvalue weighted by atomic mass is 32.2. The molecule has 0 saturated heterocycles. The van der Waals surface area contributed by atoms with Gasteiger partial charge >= 0.3 is 0 Å². The number of fused-ring (bicyclic) bond motifs is 2. The summed E-state index contributed by atoms with van der Waals surface area (Å²) in [6.45, 7) is 2.10. The van der Waals surface area contributed by atoms with Gasteiger partial charge in [-0.05, 0) is 30.2 Å². The van der Waals surface area contributed by atoms with Crippen molar-refractivity contribution in [3.05, 3.63) is 46.4 Å². The number of aldehydes is 1. The van der Waals surface area contributed by atoms with E-state index in [-0.39, 0.29) is 5.25 Å². The summed E-state index contributed by atoms with van der Waals surface area (Å²) in [5.41, 5.74) is 3.43. The Morgan fingerprint density at radius 2 is 2.18 bits per heavy atom. The highest BCUT2D eigenvalue weighted by Crippen LogP contribution is 2.46. The number of benzene rings is 1. The van der Waals surface area contributed by atoms with Crippen LogP contribution in [0.5, 0.6) is 0 Å². The molecule has 17 heavy (non-hydrogen) atoms. The molecule has 2 aliphatic rings. The van der Waals surface area contributed by atoms with Gasteiger partial charge in [-0.1, -0.05) is 18.2 Å². The Balaban J connectivity index is 2.14. The van der Waals surface area contributed by atoms with Gasteiger partial charge in [-0.25, -0.2) is 0 Å². The molecule has 0 aromatic heterocycles. The molecular weight excluding hydrogens is 248 g/mol. The molecule has 0 saturated carbocycles. The largest absolute Gasteiger partial charge is 0.298 e. The summed E-state index contributed by atoms with van der Waals surface area (Å²) in [6, 6.07) is 8.43. The molecule has 0 aliphatic carbocycles. The van der Waals surface area contributed by atoms with Gasteiger partial charge < -0.3 is 0 Å². The van der Waals surface area contributed by atoms with Gasteiger partial charge in [0.25, 0.3) is 0 Å². The third kappa shape index (κ3) is 1.87. The molecule has 3 rings (SSSR count). The standard InChI is InChI=1S/C14H12OS2/c1-9-10(7-15)6-12-11-4-2-3-5-13(11)16-8-14(12)17-9/h2-7,9H,8H2,1H3. The maximum atomic E-state index is 11.0. The van der Waals surface area contributed by atoms with Crippen molar-refractivity contribution in [3.63, 3.8) is 0 Å². The van der Waals surface area contributed by atoms with Gasteiger partial charge in [-0.3, -0.25) is 4.79 Å². The Morgan fingerprint density at radius 3 is 3.00 bits per heavy atom. The fraction of sp³-hybridized carbons (Fsp3) is 0.214. The second-order valence-corrected chi connectivity index (χ2v) is 6.60. The van der Waals surface area contributed by atoms with E-state index in [9.17, 15) is 4.79 Å². The fourth-order valence-electron chi connectivity index (χ4n) is 2.14. The van der Waals surface area contributed by atoms with Crippen LogP contribution in [0.15, 0.2) is 45.7 Å². The molecule has 1 aromatic rings. The summed E-state index contributed by atoms with van der Waals surface area (Å²) in [5, 5.41) is 0.289. The molecule has 0 fully saturated rings. The minimum atomic E-state index is 0.289. The Labute approximate surface area is 109 Å². The molecular formula is C14H12OS2. The van der Waals surface area contributed by atoms with Crippen LogP contribution in [0.3, 0.4) is 0 Å². The van der Waals surface area contributed by atoms with Crippen LogP contribution in [-0.2, 0) is 4.79 Å². The van der Waals surface area contributed by atoms with Gasteiger partial charge in [0, 0.05) is 26.4 Å². The lowest BCUT2D eigenvalue weighted by Crippen LogP contribution is -2.12. The Hall–Kier alpha value is -0.930. The van der Waals surface area contributed by atoms with E-state index in [0.717, 1.165) is 17.6 Å². The van der Waals surface area contributed by atoms with Crippen molar-refractivity contribution < 1.29 is 4.79 Å². The fourth-order valence-corrected chi connectivity index (χ4v) is 4.52. The zero-order valence-electron chi connectivity index (χ0n) is 9.47. The number of hydrogen-bond acceptors (Lipinski definition) is 3. The van der Waals surface area contributed by atoms with Crippen LogP contribution in [0.4, 0.5) is 0 Å². The molecule has 0 spiro atoms. The highest BCUT2D eigenvalue weighted by molar-refractivity contribution is 8.06. The number of rotatable bonds is 1. The molecule has 0 bridgehead atoms. The third-order valence-corrected chi connectivity index (χ3v) is 5.63. The topological polar surface area (TPSA) is 17.1 Å². The summed E-state index contributed by atoms with van der Waals surface area (Å²) in [4.78, 5) is 13.8. The van der Waals surface area contributed by atoms with Crippen LogP contribution in [0.25, 0.3) is 5.57 Å². The predicted molar refractivity (Wildman–Crippen MR) is 75.3 cm³/mol. The van der Waals surface area contributed by atoms with Gasteiger partial charge in [-0.15, -0.1) is 23.5 Å². The summed E-state index contributed by atoms with van der Waals surface area (Å²) in [6.07, 6.45) is 3.06. The van der Waals surface area contributed by atoms with E-state index in [1.165, 1.54) is 20.9 Å². The van der Waals surface area contributed by atoms with Crippen LogP contribution in [0.1, 0.15) is 12.5 Å². The molecule has 86 valence electrons. The van der Waals surface area contributed by atoms with E-state index < -0.39 is 0 Å². The van der Waals surface area contributed by atoms with E-state index in [0.29, 0.717) is 0 Å². The first-order valence-corrected chi connectivity index (χ1v) is 7.45. The van der Waals surface area contributed by atoms with Crippen molar-refractivity contribution in [1.29, 1.82) is 0 Å². The lowest BCUT2D eigenvalue weighted by Gasteiger charge is -2.27. The molecule has 1 nitrogen and oxygen atoms in total. The van der Waals surface area contributed by atoms with E-state index in [2.05, 4.69) is 37.3 Å². The molecule has 0 radical (unpaired) electrons. The molecule has 2 aliphatic heterocycles. The van der Waals surface area contributed by atoms with Gasteiger partial charge in [0.1, 0.15) is 6.29 Å². The lowest BCUT2D eigenvalue weighted by molar-refractivity contribution is -0.104. The van der Waals surface area contributed by atoms with Gasteiger partial charge in [0.05, 0.1) is 0 Å². The molecule has 0 amide bonds. The normalized spacial score (nSPS) is 22.6. The van der Waals surface area contributed by atoms with Crippen molar-refractivity contribution >= 4 is 35.4 Å². The van der Waals surface area contributed by atoms with Gasteiger partial charge in [-0.2, -0.15) is 0 Å². The number of hydrogen-bond donors (Lipinski definition) is 0. The quantitative estimate of drug-likeness (QED) is 0.716. The van der Waals surface area contributed by atoms with Crippen LogP contribution in [0, 0.1) is 0 Å². The summed E-state index contributed by atoms with van der Waals surface area (Å²) < 4.78 is 0. The first kappa shape index (κ1) is 11.2. The van der Waals surface area contributed by atoms with Gasteiger partial charge in [0.15, 0.2) is 0 Å². The SMILES string of the molecule is CC1SC2=C(C=C1C=O)c1ccccc1SC2. The minimum Gasteiger partial charge on any atom is -0.298 e. The van der Waals surface area contributed by atoms with Crippen molar-refractivity contribution in [2.45, 2.75) is 17.1 Å². The van der Waals surface area contributed by atoms with Gasteiger partial charge in [0.2, 0.25) is 0 Å². The average Bonchev–Trinajstić information content (AvgIpc) is 2.37. The maximum Gasteiger partial charge on any atom is 0.147 e. The first-order valence-electron chi connectivity index (χ1n) is 5.58.